The Kier molecular flexibility index (Phi) is 35.6. The molecule has 0 aromatic carbocycles. The van der Waals surface area contributed by atoms with Crippen LogP contribution in [0, 0.1) is 0 Å². The normalized spacial score (nSPS) is 14.4. The van der Waals surface area contributed by atoms with Crippen LogP contribution < -0.4 is 10.6 Å². The first-order valence-corrected chi connectivity index (χ1v) is 20.6. The van der Waals surface area contributed by atoms with E-state index in [2.05, 4.69) is 128 Å². The SMILES string of the molecule is CCC=CCC=CCC=CCC=CCC=CCCCC(=O)N[C@@H](C)C(=O)O[C@H](C(=O)CCCC=CCC=CCC=CCC=CCC=CCC)[C@H](NC)C(=O)OC. The molecule has 0 aliphatic heterocycles. The van der Waals surface area contributed by atoms with Gasteiger partial charge >= 0.3 is 11.9 Å². The molecule has 0 saturated heterocycles. The molecule has 0 unspecified atom stereocenters. The molecule has 0 heterocycles. The van der Waals surface area contributed by atoms with E-state index in [1.54, 1.807) is 0 Å². The van der Waals surface area contributed by atoms with Crippen molar-refractivity contribution in [3.63, 3.8) is 0 Å². The van der Waals surface area contributed by atoms with E-state index in [4.69, 9.17) is 9.47 Å². The molecule has 0 rings (SSSR count). The van der Waals surface area contributed by atoms with E-state index >= 15 is 0 Å². The summed E-state index contributed by atoms with van der Waals surface area (Å²) in [5, 5.41) is 5.39. The van der Waals surface area contributed by atoms with Crippen LogP contribution >= 0.6 is 0 Å². The Hall–Kier alpha value is -4.56. The molecule has 0 aromatic rings. The van der Waals surface area contributed by atoms with Gasteiger partial charge in [0.25, 0.3) is 0 Å². The minimum Gasteiger partial charge on any atom is -0.468 e. The summed E-state index contributed by atoms with van der Waals surface area (Å²) in [5.74, 6) is -2.20. The van der Waals surface area contributed by atoms with E-state index in [9.17, 15) is 19.2 Å². The Morgan fingerprint density at radius 2 is 0.875 bits per heavy atom. The van der Waals surface area contributed by atoms with Crippen molar-refractivity contribution in [2.24, 2.45) is 0 Å². The van der Waals surface area contributed by atoms with Gasteiger partial charge in [0, 0.05) is 12.8 Å². The maximum absolute atomic E-state index is 13.2. The van der Waals surface area contributed by atoms with Crippen LogP contribution in [0.3, 0.4) is 0 Å². The molecule has 0 fully saturated rings. The summed E-state index contributed by atoms with van der Waals surface area (Å²) in [7, 11) is 2.70. The summed E-state index contributed by atoms with van der Waals surface area (Å²) in [5.41, 5.74) is 0. The lowest BCUT2D eigenvalue weighted by molar-refractivity contribution is -0.164. The summed E-state index contributed by atoms with van der Waals surface area (Å²) in [6.45, 7) is 5.77. The number of carbonyl (C=O) groups excluding carboxylic acids is 4. The number of allylic oxidation sites excluding steroid dienone is 20. The molecule has 8 heteroatoms. The predicted molar refractivity (Wildman–Crippen MR) is 234 cm³/mol. The Morgan fingerprint density at radius 1 is 0.518 bits per heavy atom. The quantitative estimate of drug-likeness (QED) is 0.0388. The zero-order valence-corrected chi connectivity index (χ0v) is 35.0. The maximum atomic E-state index is 13.2. The van der Waals surface area contributed by atoms with Crippen molar-refractivity contribution in [3.8, 4) is 0 Å². The molecule has 8 nitrogen and oxygen atoms in total. The van der Waals surface area contributed by atoms with E-state index < -0.39 is 35.9 Å². The molecular formula is C48H72N2O6. The lowest BCUT2D eigenvalue weighted by Gasteiger charge is -2.25. The van der Waals surface area contributed by atoms with Crippen LogP contribution in [0.4, 0.5) is 0 Å². The standard InChI is InChI=1S/C48H72N2O6/c1-6-8-10-12-14-16-18-20-22-24-26-28-30-32-34-36-38-40-43(51)46(45(49-4)48(54)55-5)56-47(53)42(3)50-44(52)41-39-37-35-33-31-29-27-25-23-21-19-17-15-13-11-9-7-2/h8-11,14-17,20-23,26-29,32-35,42,45-46,49H,6-7,12-13,18-19,24-25,30-31,36-41H2,1-5H3,(H,50,52)/t42-,45-,46+/m0/s1. The van der Waals surface area contributed by atoms with Gasteiger partial charge in [0.1, 0.15) is 6.04 Å². The van der Waals surface area contributed by atoms with Crippen molar-refractivity contribution >= 4 is 23.6 Å². The van der Waals surface area contributed by atoms with Crippen LogP contribution in [-0.2, 0) is 28.7 Å². The smallest absolute Gasteiger partial charge is 0.329 e. The number of ketones is 1. The molecule has 1 amide bonds. The van der Waals surface area contributed by atoms with E-state index in [1.165, 1.54) is 21.1 Å². The lowest BCUT2D eigenvalue weighted by Crippen LogP contribution is -2.52. The molecule has 2 N–H and O–H groups in total. The van der Waals surface area contributed by atoms with Crippen molar-refractivity contribution < 1.29 is 28.7 Å². The molecule has 0 spiro atoms. The molecule has 0 radical (unpaired) electrons. The molecule has 310 valence electrons. The van der Waals surface area contributed by atoms with Crippen LogP contribution in [0.25, 0.3) is 0 Å². The molecule has 56 heavy (non-hydrogen) atoms. The first-order chi connectivity index (χ1) is 27.3. The largest absolute Gasteiger partial charge is 0.468 e. The van der Waals surface area contributed by atoms with E-state index in [1.807, 2.05) is 18.2 Å². The van der Waals surface area contributed by atoms with Crippen LogP contribution in [0.1, 0.15) is 124 Å². The van der Waals surface area contributed by atoms with Gasteiger partial charge in [-0.2, -0.15) is 0 Å². The first-order valence-electron chi connectivity index (χ1n) is 20.6. The third kappa shape index (κ3) is 30.7. The summed E-state index contributed by atoms with van der Waals surface area (Å²) in [4.78, 5) is 51.2. The summed E-state index contributed by atoms with van der Waals surface area (Å²) >= 11 is 0. The van der Waals surface area contributed by atoms with Gasteiger partial charge in [-0.3, -0.25) is 14.4 Å². The highest BCUT2D eigenvalue weighted by Gasteiger charge is 2.37. The van der Waals surface area contributed by atoms with Crippen molar-refractivity contribution in [2.75, 3.05) is 14.2 Å². The number of rotatable bonds is 33. The molecule has 3 atom stereocenters. The van der Waals surface area contributed by atoms with Crippen LogP contribution in [-0.4, -0.2) is 56.0 Å². The van der Waals surface area contributed by atoms with Gasteiger partial charge in [-0.25, -0.2) is 4.79 Å². The number of unbranched alkanes of at least 4 members (excludes halogenated alkanes) is 2. The van der Waals surface area contributed by atoms with Crippen molar-refractivity contribution in [1.29, 1.82) is 0 Å². The average molecular weight is 773 g/mol. The van der Waals surface area contributed by atoms with Crippen molar-refractivity contribution in [3.05, 3.63) is 122 Å². The molecular weight excluding hydrogens is 701 g/mol. The Balaban J connectivity index is 4.58. The summed E-state index contributed by atoms with van der Waals surface area (Å²) in [6.07, 6.45) is 53.6. The van der Waals surface area contributed by atoms with Gasteiger partial charge in [0.05, 0.1) is 7.11 Å². The number of amides is 1. The maximum Gasteiger partial charge on any atom is 0.329 e. The van der Waals surface area contributed by atoms with Gasteiger partial charge in [-0.05, 0) is 104 Å². The summed E-state index contributed by atoms with van der Waals surface area (Å²) in [6, 6.07) is -2.17. The second-order valence-corrected chi connectivity index (χ2v) is 13.1. The topological polar surface area (TPSA) is 111 Å². The Morgan fingerprint density at radius 3 is 1.23 bits per heavy atom. The van der Waals surface area contributed by atoms with Crippen LogP contribution in [0.15, 0.2) is 122 Å². The highest BCUT2D eigenvalue weighted by Crippen LogP contribution is 2.12. The van der Waals surface area contributed by atoms with Gasteiger partial charge in [0.2, 0.25) is 5.91 Å². The predicted octanol–water partition coefficient (Wildman–Crippen LogP) is 10.6. The average Bonchev–Trinajstić information content (AvgIpc) is 3.19. The van der Waals surface area contributed by atoms with Crippen molar-refractivity contribution in [1.82, 2.24) is 10.6 Å². The zero-order valence-electron chi connectivity index (χ0n) is 35.0. The van der Waals surface area contributed by atoms with E-state index in [-0.39, 0.29) is 18.7 Å². The zero-order chi connectivity index (χ0) is 41.3. The fraction of sp³-hybridized carbons (Fsp3) is 0.500. The van der Waals surface area contributed by atoms with E-state index in [0.29, 0.717) is 19.3 Å². The number of nitrogens with one attached hydrogen (secondary N) is 2. The number of ether oxygens (including phenoxy) is 2. The lowest BCUT2D eigenvalue weighted by atomic mass is 10.0. The van der Waals surface area contributed by atoms with Crippen LogP contribution in [0.2, 0.25) is 0 Å². The van der Waals surface area contributed by atoms with Crippen molar-refractivity contribution in [2.45, 2.75) is 142 Å². The fourth-order valence-corrected chi connectivity index (χ4v) is 5.09. The first kappa shape index (κ1) is 51.4. The third-order valence-corrected chi connectivity index (χ3v) is 8.24. The molecule has 0 aromatic heterocycles. The van der Waals surface area contributed by atoms with Gasteiger partial charge < -0.3 is 20.1 Å². The van der Waals surface area contributed by atoms with Gasteiger partial charge in [-0.15, -0.1) is 0 Å². The van der Waals surface area contributed by atoms with Gasteiger partial charge in [-0.1, -0.05) is 135 Å². The minimum atomic E-state index is -1.39. The van der Waals surface area contributed by atoms with Gasteiger partial charge in [0.15, 0.2) is 17.9 Å². The highest BCUT2D eigenvalue weighted by atomic mass is 16.6. The second-order valence-electron chi connectivity index (χ2n) is 13.1. The van der Waals surface area contributed by atoms with Crippen LogP contribution in [0.5, 0.6) is 0 Å². The number of likely N-dealkylation sites (N-methyl/N-ethyl adjacent to an activating group) is 1. The number of Topliss-reactive ketones (excluding diaryl/α,β-unsaturated/α-hetero) is 1. The second kappa shape index (κ2) is 38.7. The number of methoxy groups -OCH3 is 1. The fourth-order valence-electron chi connectivity index (χ4n) is 5.09. The monoisotopic (exact) mass is 773 g/mol. The molecule has 0 aliphatic rings. The Bertz CT molecular complexity index is 1360. The number of esters is 2. The number of hydrogen-bond acceptors (Lipinski definition) is 7. The molecule has 0 saturated carbocycles. The highest BCUT2D eigenvalue weighted by molar-refractivity contribution is 5.93. The Labute approximate surface area is 339 Å². The molecule has 0 aliphatic carbocycles. The molecule has 0 bridgehead atoms. The van der Waals surface area contributed by atoms with E-state index in [0.717, 1.165) is 70.6 Å². The number of carbonyl (C=O) groups is 4. The summed E-state index contributed by atoms with van der Waals surface area (Å²) < 4.78 is 10.4. The number of hydrogen-bond donors (Lipinski definition) is 2. The minimum absolute atomic E-state index is 0.109. The third-order valence-electron chi connectivity index (χ3n) is 8.24.